The Balaban J connectivity index is 1.17. The number of benzene rings is 5. The summed E-state index contributed by atoms with van der Waals surface area (Å²) in [7, 11) is 0. The molecule has 0 fully saturated rings. The van der Waals surface area contributed by atoms with Crippen molar-refractivity contribution in [3.63, 3.8) is 0 Å². The minimum Gasteiger partial charge on any atom is -0.361 e. The Morgan fingerprint density at radius 3 is 2.31 bits per heavy atom. The SMILES string of the molecule is CC(Sc1cccc(NC(=O)/C(=C/c2c[nH]c3ccccc23)NC(=O)c2ccccc2)c1)C(=O)Nc1ccc2ccccc2c1. The van der Waals surface area contributed by atoms with E-state index in [4.69, 9.17) is 0 Å². The molecule has 1 atom stereocenters. The van der Waals surface area contributed by atoms with Gasteiger partial charge in [0.05, 0.1) is 5.25 Å². The van der Waals surface area contributed by atoms with E-state index >= 15 is 0 Å². The number of aromatic amines is 1. The Bertz CT molecular complexity index is 2050. The molecule has 8 heteroatoms. The highest BCUT2D eigenvalue weighted by molar-refractivity contribution is 8.00. The van der Waals surface area contributed by atoms with E-state index in [-0.39, 0.29) is 11.6 Å². The molecule has 0 aliphatic carbocycles. The number of carbonyl (C=O) groups is 3. The summed E-state index contributed by atoms with van der Waals surface area (Å²) in [6, 6.07) is 37.6. The van der Waals surface area contributed by atoms with Gasteiger partial charge in [-0.1, -0.05) is 72.8 Å². The second-order valence-corrected chi connectivity index (χ2v) is 11.9. The summed E-state index contributed by atoms with van der Waals surface area (Å²) < 4.78 is 0. The number of hydrogen-bond acceptors (Lipinski definition) is 4. The molecule has 3 amide bonds. The first kappa shape index (κ1) is 29.5. The lowest BCUT2D eigenvalue weighted by Crippen LogP contribution is -2.30. The first-order valence-corrected chi connectivity index (χ1v) is 15.3. The van der Waals surface area contributed by atoms with Crippen LogP contribution in [0.2, 0.25) is 0 Å². The Morgan fingerprint density at radius 1 is 0.733 bits per heavy atom. The number of nitrogens with one attached hydrogen (secondary N) is 4. The van der Waals surface area contributed by atoms with E-state index in [1.807, 2.05) is 97.9 Å². The van der Waals surface area contributed by atoms with E-state index in [1.54, 1.807) is 42.6 Å². The predicted octanol–water partition coefficient (Wildman–Crippen LogP) is 7.85. The highest BCUT2D eigenvalue weighted by atomic mass is 32.2. The topological polar surface area (TPSA) is 103 Å². The number of amides is 3. The number of para-hydroxylation sites is 1. The molecule has 7 nitrogen and oxygen atoms in total. The predicted molar refractivity (Wildman–Crippen MR) is 183 cm³/mol. The van der Waals surface area contributed by atoms with Crippen LogP contribution in [0.5, 0.6) is 0 Å². The molecular formula is C37H30N4O3S. The minimum absolute atomic E-state index is 0.0924. The molecule has 0 saturated heterocycles. The highest BCUT2D eigenvalue weighted by Crippen LogP contribution is 2.28. The summed E-state index contributed by atoms with van der Waals surface area (Å²) in [6.45, 7) is 1.84. The summed E-state index contributed by atoms with van der Waals surface area (Å²) in [5.74, 6) is -1.00. The third kappa shape index (κ3) is 7.14. The minimum atomic E-state index is -0.478. The van der Waals surface area contributed by atoms with Gasteiger partial charge in [0.25, 0.3) is 11.8 Å². The van der Waals surface area contributed by atoms with Crippen molar-refractivity contribution >= 4 is 68.6 Å². The first-order chi connectivity index (χ1) is 21.9. The molecule has 0 saturated carbocycles. The van der Waals surface area contributed by atoms with Crippen molar-refractivity contribution in [2.24, 2.45) is 0 Å². The molecule has 0 aliphatic heterocycles. The molecule has 0 spiro atoms. The van der Waals surface area contributed by atoms with E-state index in [0.29, 0.717) is 11.3 Å². The zero-order chi connectivity index (χ0) is 31.2. The monoisotopic (exact) mass is 610 g/mol. The van der Waals surface area contributed by atoms with Gasteiger partial charge in [-0.2, -0.15) is 0 Å². The Hall–Kier alpha value is -5.60. The number of fused-ring (bicyclic) bond motifs is 2. The second kappa shape index (κ2) is 13.4. The average Bonchev–Trinajstić information content (AvgIpc) is 3.47. The molecule has 6 rings (SSSR count). The zero-order valence-electron chi connectivity index (χ0n) is 24.4. The molecule has 1 heterocycles. The van der Waals surface area contributed by atoms with Gasteiger partial charge in [-0.05, 0) is 72.3 Å². The highest BCUT2D eigenvalue weighted by Gasteiger charge is 2.18. The molecule has 45 heavy (non-hydrogen) atoms. The van der Waals surface area contributed by atoms with Gasteiger partial charge in [-0.15, -0.1) is 11.8 Å². The summed E-state index contributed by atoms with van der Waals surface area (Å²) in [4.78, 5) is 43.7. The summed E-state index contributed by atoms with van der Waals surface area (Å²) in [5, 5.41) is 11.4. The van der Waals surface area contributed by atoms with E-state index in [2.05, 4.69) is 20.9 Å². The number of aromatic nitrogens is 1. The van der Waals surface area contributed by atoms with Gasteiger partial charge in [0.2, 0.25) is 5.91 Å². The maximum Gasteiger partial charge on any atom is 0.272 e. The number of H-pyrrole nitrogens is 1. The number of carbonyl (C=O) groups excluding carboxylic acids is 3. The summed E-state index contributed by atoms with van der Waals surface area (Å²) in [6.07, 6.45) is 3.46. The lowest BCUT2D eigenvalue weighted by Gasteiger charge is -2.14. The number of thioether (sulfide) groups is 1. The molecule has 1 aromatic heterocycles. The third-order valence-corrected chi connectivity index (χ3v) is 8.33. The summed E-state index contributed by atoms with van der Waals surface area (Å²) >= 11 is 1.39. The molecule has 5 aromatic carbocycles. The van der Waals surface area contributed by atoms with Crippen molar-refractivity contribution in [3.8, 4) is 0 Å². The molecular weight excluding hydrogens is 580 g/mol. The quantitative estimate of drug-likeness (QED) is 0.0989. The normalized spacial score (nSPS) is 12.1. The fraction of sp³-hybridized carbons (Fsp3) is 0.0541. The average molecular weight is 611 g/mol. The van der Waals surface area contributed by atoms with Crippen LogP contribution in [0.3, 0.4) is 0 Å². The first-order valence-electron chi connectivity index (χ1n) is 14.4. The lowest BCUT2D eigenvalue weighted by molar-refractivity contribution is -0.115. The Morgan fingerprint density at radius 2 is 1.47 bits per heavy atom. The van der Waals surface area contributed by atoms with Crippen molar-refractivity contribution in [1.82, 2.24) is 10.3 Å². The van der Waals surface area contributed by atoms with Crippen LogP contribution in [0.15, 0.2) is 138 Å². The maximum atomic E-state index is 13.6. The fourth-order valence-electron chi connectivity index (χ4n) is 4.93. The molecule has 222 valence electrons. The van der Waals surface area contributed by atoms with Crippen LogP contribution in [0.25, 0.3) is 27.8 Å². The van der Waals surface area contributed by atoms with Crippen LogP contribution in [-0.4, -0.2) is 28.0 Å². The second-order valence-electron chi connectivity index (χ2n) is 10.5. The number of anilines is 2. The van der Waals surface area contributed by atoms with Crippen LogP contribution < -0.4 is 16.0 Å². The van der Waals surface area contributed by atoms with Crippen LogP contribution in [-0.2, 0) is 9.59 Å². The van der Waals surface area contributed by atoms with E-state index < -0.39 is 17.1 Å². The van der Waals surface area contributed by atoms with Crippen molar-refractivity contribution in [2.45, 2.75) is 17.1 Å². The molecule has 4 N–H and O–H groups in total. The van der Waals surface area contributed by atoms with E-state index in [1.165, 1.54) is 11.8 Å². The Kier molecular flexibility index (Phi) is 8.75. The van der Waals surface area contributed by atoms with Crippen LogP contribution in [0, 0.1) is 0 Å². The van der Waals surface area contributed by atoms with Crippen molar-refractivity contribution < 1.29 is 14.4 Å². The zero-order valence-corrected chi connectivity index (χ0v) is 25.2. The summed E-state index contributed by atoms with van der Waals surface area (Å²) in [5.41, 5.74) is 3.48. The maximum absolute atomic E-state index is 13.6. The molecule has 0 radical (unpaired) electrons. The third-order valence-electron chi connectivity index (χ3n) is 7.24. The fourth-order valence-corrected chi connectivity index (χ4v) is 5.85. The van der Waals surface area contributed by atoms with Gasteiger partial charge < -0.3 is 20.9 Å². The van der Waals surface area contributed by atoms with Gasteiger partial charge in [0, 0.05) is 44.5 Å². The van der Waals surface area contributed by atoms with Gasteiger partial charge in [0.15, 0.2) is 0 Å². The smallest absolute Gasteiger partial charge is 0.272 e. The lowest BCUT2D eigenvalue weighted by atomic mass is 10.1. The van der Waals surface area contributed by atoms with Gasteiger partial charge in [-0.25, -0.2) is 0 Å². The van der Waals surface area contributed by atoms with Gasteiger partial charge in [0.1, 0.15) is 5.70 Å². The molecule has 1 unspecified atom stereocenters. The molecule has 6 aromatic rings. The molecule has 0 bridgehead atoms. The van der Waals surface area contributed by atoms with Crippen LogP contribution >= 0.6 is 11.8 Å². The van der Waals surface area contributed by atoms with Crippen molar-refractivity contribution in [1.29, 1.82) is 0 Å². The largest absolute Gasteiger partial charge is 0.361 e. The standard InChI is InChI=1S/C37H30N4O3S/c1-24(35(42)39-30-19-18-25-10-5-6-13-27(25)20-30)45-31-15-9-14-29(22-31)40-37(44)34(41-36(43)26-11-3-2-4-12-26)21-28-23-38-33-17-8-7-16-32(28)33/h2-24,38H,1H3,(H,39,42)(H,40,44)(H,41,43)/b34-21-. The van der Waals surface area contributed by atoms with E-state index in [9.17, 15) is 14.4 Å². The number of hydrogen-bond donors (Lipinski definition) is 4. The van der Waals surface area contributed by atoms with Crippen molar-refractivity contribution in [3.05, 3.63) is 144 Å². The van der Waals surface area contributed by atoms with Crippen molar-refractivity contribution in [2.75, 3.05) is 10.6 Å². The van der Waals surface area contributed by atoms with E-state index in [0.717, 1.165) is 37.8 Å². The molecule has 0 aliphatic rings. The van der Waals surface area contributed by atoms with Crippen LogP contribution in [0.1, 0.15) is 22.8 Å². The Labute approximate surface area is 264 Å². The van der Waals surface area contributed by atoms with Gasteiger partial charge >= 0.3 is 0 Å². The van der Waals surface area contributed by atoms with Gasteiger partial charge in [-0.3, -0.25) is 14.4 Å². The van der Waals surface area contributed by atoms with Crippen LogP contribution in [0.4, 0.5) is 11.4 Å². The number of rotatable bonds is 9.